The Morgan fingerprint density at radius 2 is 1.48 bits per heavy atom. The second kappa shape index (κ2) is 10.0. The Bertz CT molecular complexity index is 1790. The third-order valence-electron chi connectivity index (χ3n) is 6.20. The molecule has 2 nitrogen and oxygen atoms in total. The number of thiophene rings is 1. The minimum absolute atomic E-state index is 0.0272. The Balaban J connectivity index is 1.70. The highest BCUT2D eigenvalue weighted by molar-refractivity contribution is 7.14. The van der Waals surface area contributed by atoms with Gasteiger partial charge in [-0.15, -0.1) is 11.3 Å². The minimum Gasteiger partial charge on any atom is -0.302 e. The van der Waals surface area contributed by atoms with E-state index in [1.165, 1.54) is 28.1 Å². The van der Waals surface area contributed by atoms with Crippen molar-refractivity contribution in [3.63, 3.8) is 0 Å². The molecule has 5 rings (SSSR count). The van der Waals surface area contributed by atoms with Crippen molar-refractivity contribution in [2.24, 2.45) is 0 Å². The summed E-state index contributed by atoms with van der Waals surface area (Å²) in [5.74, 6) is -1.73. The first-order chi connectivity index (χ1) is 18.7. The quantitative estimate of drug-likeness (QED) is 0.189. The maximum atomic E-state index is 14.5. The van der Waals surface area contributed by atoms with Crippen LogP contribution in [0.15, 0.2) is 76.9 Å². The summed E-state index contributed by atoms with van der Waals surface area (Å²) in [6.07, 6.45) is -10.0. The lowest BCUT2D eigenvalue weighted by molar-refractivity contribution is -0.143. The molecule has 0 aliphatic carbocycles. The third kappa shape index (κ3) is 5.35. The van der Waals surface area contributed by atoms with Crippen LogP contribution in [0.1, 0.15) is 16.7 Å². The molecule has 12 heteroatoms. The van der Waals surface area contributed by atoms with E-state index in [4.69, 9.17) is 11.6 Å². The second-order valence-electron chi connectivity index (χ2n) is 8.85. The van der Waals surface area contributed by atoms with Gasteiger partial charge in [-0.1, -0.05) is 29.8 Å². The number of fused-ring (bicyclic) bond motifs is 1. The number of benzene rings is 3. The highest BCUT2D eigenvalue weighted by Crippen LogP contribution is 2.41. The van der Waals surface area contributed by atoms with Crippen LogP contribution in [0, 0.1) is 11.6 Å². The fraction of sp³-hybridized carbons (Fsp3) is 0.107. The molecule has 0 aliphatic heterocycles. The van der Waals surface area contributed by atoms with E-state index in [0.717, 1.165) is 17.4 Å². The van der Waals surface area contributed by atoms with Crippen molar-refractivity contribution in [3.05, 3.63) is 116 Å². The number of hydrogen-bond acceptors (Lipinski definition) is 2. The summed E-state index contributed by atoms with van der Waals surface area (Å²) in [6, 6.07) is 11.7. The first-order valence-corrected chi connectivity index (χ1v) is 12.6. The standard InChI is InChI=1S/C28H14ClF8NOS/c29-21-3-1-2-14-8-23(38(26(39)25(14)21)12-15-4-5-20(30)11-22(15)31)24-9-17(13-40-24)16-6-18(27(32,33)34)10-19(7-16)28(35,36)37/h1-11,13H,12H2. The van der Waals surface area contributed by atoms with E-state index in [1.807, 2.05) is 0 Å². The molecule has 0 radical (unpaired) electrons. The maximum Gasteiger partial charge on any atom is 0.416 e. The Morgan fingerprint density at radius 1 is 0.800 bits per heavy atom. The average molecular weight is 600 g/mol. The van der Waals surface area contributed by atoms with Gasteiger partial charge in [0.2, 0.25) is 0 Å². The number of aromatic nitrogens is 1. The van der Waals surface area contributed by atoms with Crippen LogP contribution in [0.2, 0.25) is 5.02 Å². The lowest BCUT2D eigenvalue weighted by Gasteiger charge is -2.15. The van der Waals surface area contributed by atoms with E-state index < -0.39 is 40.7 Å². The highest BCUT2D eigenvalue weighted by Gasteiger charge is 2.37. The van der Waals surface area contributed by atoms with Crippen molar-refractivity contribution in [1.82, 2.24) is 4.57 Å². The molecule has 0 saturated heterocycles. The molecule has 2 aromatic heterocycles. The van der Waals surface area contributed by atoms with Crippen LogP contribution >= 0.6 is 22.9 Å². The highest BCUT2D eigenvalue weighted by atomic mass is 35.5. The summed E-state index contributed by atoms with van der Waals surface area (Å²) in [5.41, 5.74) is -3.64. The number of hydrogen-bond donors (Lipinski definition) is 0. The zero-order valence-corrected chi connectivity index (χ0v) is 21.4. The topological polar surface area (TPSA) is 22.0 Å². The normalized spacial score (nSPS) is 12.3. The number of rotatable bonds is 4. The third-order valence-corrected chi connectivity index (χ3v) is 7.47. The summed E-state index contributed by atoms with van der Waals surface area (Å²) in [6.45, 7) is -0.351. The van der Waals surface area contributed by atoms with Gasteiger partial charge in [0.15, 0.2) is 0 Å². The monoisotopic (exact) mass is 599 g/mol. The molecule has 0 spiro atoms. The molecule has 3 aromatic carbocycles. The van der Waals surface area contributed by atoms with Crippen LogP contribution in [-0.4, -0.2) is 4.57 Å². The molecular formula is C28H14ClF8NOS. The Labute approximate surface area is 229 Å². The Hall–Kier alpha value is -3.70. The summed E-state index contributed by atoms with van der Waals surface area (Å²) in [5, 5.41) is 2.02. The molecule has 206 valence electrons. The van der Waals surface area contributed by atoms with Gasteiger partial charge in [-0.05, 0) is 64.4 Å². The lowest BCUT2D eigenvalue weighted by Crippen LogP contribution is -2.23. The van der Waals surface area contributed by atoms with Crippen molar-refractivity contribution in [1.29, 1.82) is 0 Å². The van der Waals surface area contributed by atoms with E-state index in [1.54, 1.807) is 18.2 Å². The number of pyridine rings is 1. The molecule has 0 saturated carbocycles. The van der Waals surface area contributed by atoms with Crippen LogP contribution in [0.25, 0.3) is 32.5 Å². The van der Waals surface area contributed by atoms with Gasteiger partial charge in [-0.3, -0.25) is 4.79 Å². The smallest absolute Gasteiger partial charge is 0.302 e. The zero-order valence-electron chi connectivity index (χ0n) is 19.8. The molecule has 0 fully saturated rings. The van der Waals surface area contributed by atoms with Crippen LogP contribution in [0.5, 0.6) is 0 Å². The van der Waals surface area contributed by atoms with E-state index in [9.17, 15) is 39.9 Å². The fourth-order valence-corrected chi connectivity index (χ4v) is 5.49. The number of halogens is 9. The van der Waals surface area contributed by atoms with Crippen LogP contribution in [-0.2, 0) is 18.9 Å². The van der Waals surface area contributed by atoms with E-state index >= 15 is 0 Å². The van der Waals surface area contributed by atoms with Crippen molar-refractivity contribution in [3.8, 4) is 21.7 Å². The predicted octanol–water partition coefficient (Wildman–Crippen LogP) is 9.41. The number of alkyl halides is 6. The summed E-state index contributed by atoms with van der Waals surface area (Å²) in [4.78, 5) is 13.9. The van der Waals surface area contributed by atoms with Gasteiger partial charge in [0.25, 0.3) is 5.56 Å². The summed E-state index contributed by atoms with van der Waals surface area (Å²) in [7, 11) is 0. The van der Waals surface area contributed by atoms with Gasteiger partial charge >= 0.3 is 12.4 Å². The molecule has 0 N–H and O–H groups in total. The van der Waals surface area contributed by atoms with Crippen LogP contribution < -0.4 is 5.56 Å². The summed E-state index contributed by atoms with van der Waals surface area (Å²) >= 11 is 7.22. The first kappa shape index (κ1) is 27.9. The predicted molar refractivity (Wildman–Crippen MR) is 137 cm³/mol. The molecule has 2 heterocycles. The van der Waals surface area contributed by atoms with Gasteiger partial charge in [0, 0.05) is 11.6 Å². The van der Waals surface area contributed by atoms with Gasteiger partial charge in [0.05, 0.1) is 38.7 Å². The minimum atomic E-state index is -5.02. The largest absolute Gasteiger partial charge is 0.416 e. The van der Waals surface area contributed by atoms with Gasteiger partial charge < -0.3 is 4.57 Å². The molecule has 5 aromatic rings. The molecule has 0 amide bonds. The number of nitrogens with zero attached hydrogens (tertiary/aromatic N) is 1. The average Bonchev–Trinajstić information content (AvgIpc) is 3.36. The molecule has 0 unspecified atom stereocenters. The van der Waals surface area contributed by atoms with Gasteiger partial charge in [-0.25, -0.2) is 8.78 Å². The Kier molecular flexibility index (Phi) is 6.99. The van der Waals surface area contributed by atoms with Crippen LogP contribution in [0.4, 0.5) is 35.1 Å². The van der Waals surface area contributed by atoms with E-state index in [2.05, 4.69) is 0 Å². The molecule has 40 heavy (non-hydrogen) atoms. The van der Waals surface area contributed by atoms with E-state index in [0.29, 0.717) is 28.5 Å². The summed E-state index contributed by atoms with van der Waals surface area (Å²) < 4.78 is 110. The second-order valence-corrected chi connectivity index (χ2v) is 10.2. The Morgan fingerprint density at radius 3 is 2.10 bits per heavy atom. The van der Waals surface area contributed by atoms with Crippen molar-refractivity contribution >= 4 is 33.7 Å². The first-order valence-electron chi connectivity index (χ1n) is 11.4. The van der Waals surface area contributed by atoms with E-state index in [-0.39, 0.29) is 45.4 Å². The SMILES string of the molecule is O=c1c2c(Cl)cccc2cc(-c2cc(-c3cc(C(F)(F)F)cc(C(F)(F)F)c3)cs2)n1Cc1ccc(F)cc1F. The molecule has 0 bridgehead atoms. The van der Waals surface area contributed by atoms with Crippen molar-refractivity contribution < 1.29 is 35.1 Å². The fourth-order valence-electron chi connectivity index (χ4n) is 4.28. The lowest BCUT2D eigenvalue weighted by atomic mass is 10.0. The molecular weight excluding hydrogens is 586 g/mol. The van der Waals surface area contributed by atoms with Gasteiger partial charge in [-0.2, -0.15) is 26.3 Å². The van der Waals surface area contributed by atoms with Crippen molar-refractivity contribution in [2.75, 3.05) is 0 Å². The molecule has 0 aliphatic rings. The van der Waals surface area contributed by atoms with Crippen LogP contribution in [0.3, 0.4) is 0 Å². The van der Waals surface area contributed by atoms with Crippen molar-refractivity contribution in [2.45, 2.75) is 18.9 Å². The van der Waals surface area contributed by atoms with Gasteiger partial charge in [0.1, 0.15) is 11.6 Å². The molecule has 0 atom stereocenters. The zero-order chi connectivity index (χ0) is 29.0. The maximum absolute atomic E-state index is 14.5.